The van der Waals surface area contributed by atoms with Crippen molar-refractivity contribution in [2.45, 2.75) is 26.7 Å². The summed E-state index contributed by atoms with van der Waals surface area (Å²) in [5.41, 5.74) is 2.18. The van der Waals surface area contributed by atoms with Gasteiger partial charge >= 0.3 is 0 Å². The predicted molar refractivity (Wildman–Crippen MR) is 60.6 cm³/mol. The van der Waals surface area contributed by atoms with Gasteiger partial charge in [0.25, 0.3) is 0 Å². The van der Waals surface area contributed by atoms with E-state index in [1.165, 1.54) is 0 Å². The molecule has 1 aliphatic rings. The van der Waals surface area contributed by atoms with Crippen LogP contribution in [0.1, 0.15) is 26.7 Å². The maximum atomic E-state index is 5.69. The van der Waals surface area contributed by atoms with Crippen molar-refractivity contribution < 1.29 is 4.74 Å². The monoisotopic (exact) mass is 193 g/mol. The number of aliphatic imine (C=N–C) groups is 1. The molecule has 0 aromatic heterocycles. The van der Waals surface area contributed by atoms with Gasteiger partial charge in [0, 0.05) is 18.8 Å². The summed E-state index contributed by atoms with van der Waals surface area (Å²) in [6.07, 6.45) is 3.97. The highest BCUT2D eigenvalue weighted by atomic mass is 16.5. The van der Waals surface area contributed by atoms with E-state index >= 15 is 0 Å². The number of rotatable bonds is 1. The van der Waals surface area contributed by atoms with Crippen molar-refractivity contribution in [3.05, 3.63) is 23.5 Å². The van der Waals surface area contributed by atoms with Crippen molar-refractivity contribution in [1.29, 1.82) is 0 Å². The van der Waals surface area contributed by atoms with Gasteiger partial charge in [0.05, 0.1) is 6.61 Å². The fourth-order valence-corrected chi connectivity index (χ4v) is 1.72. The van der Waals surface area contributed by atoms with Crippen LogP contribution in [0.3, 0.4) is 0 Å². The van der Waals surface area contributed by atoms with E-state index in [2.05, 4.69) is 18.5 Å². The maximum absolute atomic E-state index is 5.69. The second-order valence-corrected chi connectivity index (χ2v) is 3.95. The normalized spacial score (nSPS) is 27.4. The Kier molecular flexibility index (Phi) is 3.93. The number of hydrogen-bond donors (Lipinski definition) is 0. The molecule has 0 aromatic rings. The fourth-order valence-electron chi connectivity index (χ4n) is 1.72. The summed E-state index contributed by atoms with van der Waals surface area (Å²) < 4.78 is 5.69. The molecule has 1 rings (SSSR count). The quantitative estimate of drug-likeness (QED) is 0.587. The topological polar surface area (TPSA) is 21.6 Å². The molecule has 0 spiro atoms. The summed E-state index contributed by atoms with van der Waals surface area (Å²) in [5.74, 6) is 1.62. The fraction of sp³-hybridized carbons (Fsp3) is 0.583. The van der Waals surface area contributed by atoms with Crippen LogP contribution in [0.25, 0.3) is 0 Å². The molecule has 0 aromatic carbocycles. The minimum atomic E-state index is 0.673. The Hall–Kier alpha value is -1.05. The third-order valence-electron chi connectivity index (χ3n) is 2.45. The Labute approximate surface area is 86.4 Å². The highest BCUT2D eigenvalue weighted by Crippen LogP contribution is 2.27. The lowest BCUT2D eigenvalue weighted by Gasteiger charge is -2.10. The Morgan fingerprint density at radius 2 is 2.36 bits per heavy atom. The second-order valence-electron chi connectivity index (χ2n) is 3.95. The van der Waals surface area contributed by atoms with Gasteiger partial charge in [0.15, 0.2) is 0 Å². The average Bonchev–Trinajstić information content (AvgIpc) is 2.27. The van der Waals surface area contributed by atoms with Crippen molar-refractivity contribution in [3.63, 3.8) is 0 Å². The first-order valence-electron chi connectivity index (χ1n) is 5.09. The van der Waals surface area contributed by atoms with Crippen LogP contribution in [-0.2, 0) is 4.74 Å². The van der Waals surface area contributed by atoms with Crippen molar-refractivity contribution >= 4 is 6.21 Å². The Bertz CT molecular complexity index is 276. The molecule has 0 saturated carbocycles. The summed E-state index contributed by atoms with van der Waals surface area (Å²) in [7, 11) is 1.77. The summed E-state index contributed by atoms with van der Waals surface area (Å²) in [4.78, 5) is 3.99. The second kappa shape index (κ2) is 4.99. The van der Waals surface area contributed by atoms with E-state index < -0.39 is 0 Å². The summed E-state index contributed by atoms with van der Waals surface area (Å²) >= 11 is 0. The molecule has 1 unspecified atom stereocenters. The van der Waals surface area contributed by atoms with Crippen molar-refractivity contribution in [1.82, 2.24) is 0 Å². The van der Waals surface area contributed by atoms with E-state index in [9.17, 15) is 0 Å². The molecule has 1 saturated heterocycles. The van der Waals surface area contributed by atoms with Gasteiger partial charge in [0.2, 0.25) is 0 Å². The van der Waals surface area contributed by atoms with Gasteiger partial charge in [-0.05, 0) is 31.3 Å². The minimum Gasteiger partial charge on any atom is -0.493 e. The number of nitrogens with zero attached hydrogens (tertiary/aromatic N) is 1. The zero-order chi connectivity index (χ0) is 10.6. The zero-order valence-electron chi connectivity index (χ0n) is 9.34. The SMILES string of the molecule is C=C1CC(C)CCO/C1=C(\C)C=NC. The molecule has 1 fully saturated rings. The Balaban J connectivity index is 2.87. The smallest absolute Gasteiger partial charge is 0.126 e. The summed E-state index contributed by atoms with van der Waals surface area (Å²) in [5, 5.41) is 0. The van der Waals surface area contributed by atoms with Crippen LogP contribution in [-0.4, -0.2) is 19.9 Å². The largest absolute Gasteiger partial charge is 0.493 e. The molecule has 0 radical (unpaired) electrons. The van der Waals surface area contributed by atoms with Crippen molar-refractivity contribution in [2.24, 2.45) is 10.9 Å². The van der Waals surface area contributed by atoms with Gasteiger partial charge in [-0.3, -0.25) is 4.99 Å². The van der Waals surface area contributed by atoms with Crippen LogP contribution < -0.4 is 0 Å². The minimum absolute atomic E-state index is 0.673. The van der Waals surface area contributed by atoms with Gasteiger partial charge < -0.3 is 4.74 Å². The molecule has 2 nitrogen and oxygen atoms in total. The molecule has 0 aliphatic carbocycles. The number of ether oxygens (including phenoxy) is 1. The molecule has 0 amide bonds. The Morgan fingerprint density at radius 1 is 1.64 bits per heavy atom. The summed E-state index contributed by atoms with van der Waals surface area (Å²) in [6, 6.07) is 0. The lowest BCUT2D eigenvalue weighted by atomic mass is 9.98. The van der Waals surface area contributed by atoms with Crippen LogP contribution in [0.15, 0.2) is 28.5 Å². The maximum Gasteiger partial charge on any atom is 0.126 e. The number of hydrogen-bond acceptors (Lipinski definition) is 2. The third-order valence-corrected chi connectivity index (χ3v) is 2.45. The van der Waals surface area contributed by atoms with E-state index in [0.29, 0.717) is 5.92 Å². The van der Waals surface area contributed by atoms with Crippen LogP contribution in [0.2, 0.25) is 0 Å². The van der Waals surface area contributed by atoms with Crippen LogP contribution in [0.4, 0.5) is 0 Å². The van der Waals surface area contributed by atoms with Crippen LogP contribution in [0.5, 0.6) is 0 Å². The van der Waals surface area contributed by atoms with Gasteiger partial charge in [-0.2, -0.15) is 0 Å². The Morgan fingerprint density at radius 3 is 3.00 bits per heavy atom. The van der Waals surface area contributed by atoms with Gasteiger partial charge in [0.1, 0.15) is 5.76 Å². The van der Waals surface area contributed by atoms with E-state index in [4.69, 9.17) is 4.74 Å². The van der Waals surface area contributed by atoms with E-state index in [-0.39, 0.29) is 0 Å². The average molecular weight is 193 g/mol. The molecule has 0 bridgehead atoms. The molecule has 1 atom stereocenters. The van der Waals surface area contributed by atoms with Crippen LogP contribution in [0, 0.1) is 5.92 Å². The molecule has 78 valence electrons. The van der Waals surface area contributed by atoms with Gasteiger partial charge in [-0.25, -0.2) is 0 Å². The zero-order valence-corrected chi connectivity index (χ0v) is 9.34. The predicted octanol–water partition coefficient (Wildman–Crippen LogP) is 2.96. The molecule has 0 N–H and O–H groups in total. The molecule has 1 aliphatic heterocycles. The first-order chi connectivity index (χ1) is 6.65. The molecule has 2 heteroatoms. The number of allylic oxidation sites excluding steroid dienone is 2. The molecular weight excluding hydrogens is 174 g/mol. The van der Waals surface area contributed by atoms with Gasteiger partial charge in [-0.1, -0.05) is 13.5 Å². The highest BCUT2D eigenvalue weighted by molar-refractivity contribution is 5.79. The van der Waals surface area contributed by atoms with Crippen LogP contribution >= 0.6 is 0 Å². The molecule has 14 heavy (non-hydrogen) atoms. The standard InChI is InChI=1S/C12H19NO/c1-9-5-6-14-12(10(2)7-9)11(3)8-13-4/h8-9H,2,5-7H2,1,3-4H3/b12-11+,13-8?. The first kappa shape index (κ1) is 11.0. The van der Waals surface area contributed by atoms with E-state index in [1.54, 1.807) is 7.05 Å². The molecular formula is C12H19NO. The van der Waals surface area contributed by atoms with E-state index in [1.807, 2.05) is 13.1 Å². The van der Waals surface area contributed by atoms with Crippen molar-refractivity contribution in [3.8, 4) is 0 Å². The molecule has 1 heterocycles. The van der Waals surface area contributed by atoms with Gasteiger partial charge in [-0.15, -0.1) is 0 Å². The highest BCUT2D eigenvalue weighted by Gasteiger charge is 2.16. The van der Waals surface area contributed by atoms with E-state index in [0.717, 1.165) is 36.4 Å². The lowest BCUT2D eigenvalue weighted by molar-refractivity contribution is 0.215. The third kappa shape index (κ3) is 2.72. The lowest BCUT2D eigenvalue weighted by Crippen LogP contribution is -1.97. The summed E-state index contributed by atoms with van der Waals surface area (Å²) in [6.45, 7) is 9.12. The first-order valence-corrected chi connectivity index (χ1v) is 5.09. The van der Waals surface area contributed by atoms with Crippen molar-refractivity contribution in [2.75, 3.05) is 13.7 Å².